The van der Waals surface area contributed by atoms with Crippen molar-refractivity contribution in [3.63, 3.8) is 0 Å². The molecular weight excluding hydrogens is 532 g/mol. The lowest BCUT2D eigenvalue weighted by Gasteiger charge is -2.24. The second-order valence-corrected chi connectivity index (χ2v) is 11.7. The fourth-order valence-electron chi connectivity index (χ4n) is 4.37. The zero-order valence-corrected chi connectivity index (χ0v) is 21.2. The Balaban J connectivity index is 2.11. The number of nitrogens with one attached hydrogen (secondary N) is 1. The Kier molecular flexibility index (Phi) is 8.33. The fraction of sp³-hybridized carbons (Fsp3) is 0.545. The number of nitrogens with two attached hydrogens (primary N) is 1. The van der Waals surface area contributed by atoms with Crippen molar-refractivity contribution in [3.05, 3.63) is 35.5 Å². The average Bonchev–Trinajstić information content (AvgIpc) is 3.09. The first-order valence-electron chi connectivity index (χ1n) is 11.2. The molecule has 0 amide bonds. The standard InChI is InChI=1S/C22H27F6N3O3S2/c1-13-20(36(29,33)34)11-18(31(13)12-15-6-4-3-5-7-15)16-8-9-19(17(10-16)22(26,27)28)35(32)30-14(2)21(23,24)25/h8-11,14-15,30H,3-7,12H2,1-2H3,(H2,29,33,34)/t14-,35?/m0/s1. The van der Waals surface area contributed by atoms with E-state index in [9.17, 15) is 39.0 Å². The van der Waals surface area contributed by atoms with Crippen molar-refractivity contribution in [2.75, 3.05) is 0 Å². The van der Waals surface area contributed by atoms with Crippen molar-refractivity contribution in [1.29, 1.82) is 0 Å². The number of sulfonamides is 1. The van der Waals surface area contributed by atoms with Gasteiger partial charge in [0, 0.05) is 17.9 Å². The Bertz CT molecular complexity index is 1230. The molecule has 1 saturated carbocycles. The molecule has 0 bridgehead atoms. The molecule has 1 aliphatic carbocycles. The molecular formula is C22H27F6N3O3S2. The summed E-state index contributed by atoms with van der Waals surface area (Å²) >= 11 is 0. The molecule has 1 unspecified atom stereocenters. The van der Waals surface area contributed by atoms with Gasteiger partial charge in [-0.15, -0.1) is 0 Å². The molecule has 0 saturated heterocycles. The number of rotatable bonds is 7. The van der Waals surface area contributed by atoms with Crippen LogP contribution in [0.15, 0.2) is 34.1 Å². The first-order chi connectivity index (χ1) is 16.5. The van der Waals surface area contributed by atoms with Crippen LogP contribution < -0.4 is 9.86 Å². The van der Waals surface area contributed by atoms with E-state index in [2.05, 4.69) is 0 Å². The summed E-state index contributed by atoms with van der Waals surface area (Å²) in [5.41, 5.74) is -0.970. The van der Waals surface area contributed by atoms with E-state index in [1.54, 1.807) is 9.29 Å². The molecule has 0 radical (unpaired) electrons. The molecule has 36 heavy (non-hydrogen) atoms. The number of alkyl halides is 6. The quantitative estimate of drug-likeness (QED) is 0.453. The molecule has 202 valence electrons. The Hall–Kier alpha value is -1.90. The molecule has 1 fully saturated rings. The molecule has 0 aliphatic heterocycles. The Labute approximate surface area is 207 Å². The lowest BCUT2D eigenvalue weighted by molar-refractivity contribution is -0.146. The maximum Gasteiger partial charge on any atom is 0.417 e. The predicted octanol–water partition coefficient (Wildman–Crippen LogP) is 5.27. The summed E-state index contributed by atoms with van der Waals surface area (Å²) in [4.78, 5) is -1.09. The van der Waals surface area contributed by atoms with Crippen LogP contribution in [-0.2, 0) is 33.7 Å². The monoisotopic (exact) mass is 559 g/mol. The number of aromatic nitrogens is 1. The van der Waals surface area contributed by atoms with Gasteiger partial charge >= 0.3 is 12.4 Å². The number of benzene rings is 1. The number of hydrogen-bond donors (Lipinski definition) is 2. The highest BCUT2D eigenvalue weighted by Crippen LogP contribution is 2.38. The van der Waals surface area contributed by atoms with E-state index in [4.69, 9.17) is 5.14 Å². The first-order valence-corrected chi connectivity index (χ1v) is 13.9. The predicted molar refractivity (Wildman–Crippen MR) is 123 cm³/mol. The second-order valence-electron chi connectivity index (χ2n) is 9.00. The molecule has 6 nitrogen and oxygen atoms in total. The van der Waals surface area contributed by atoms with Gasteiger partial charge in [0.25, 0.3) is 0 Å². The topological polar surface area (TPSA) is 94.2 Å². The van der Waals surface area contributed by atoms with Crippen molar-refractivity contribution in [2.45, 2.75) is 80.7 Å². The summed E-state index contributed by atoms with van der Waals surface area (Å²) in [6.07, 6.45) is -5.02. The van der Waals surface area contributed by atoms with Crippen LogP contribution in [-0.4, -0.2) is 29.4 Å². The minimum atomic E-state index is -5.04. The summed E-state index contributed by atoms with van der Waals surface area (Å²) in [6.45, 7) is 2.54. The van der Waals surface area contributed by atoms with Crippen molar-refractivity contribution in [2.24, 2.45) is 11.1 Å². The maximum absolute atomic E-state index is 13.9. The van der Waals surface area contributed by atoms with Crippen LogP contribution in [0.5, 0.6) is 0 Å². The van der Waals surface area contributed by atoms with Gasteiger partial charge in [-0.05, 0) is 56.4 Å². The summed E-state index contributed by atoms with van der Waals surface area (Å²) in [7, 11) is -7.00. The lowest BCUT2D eigenvalue weighted by atomic mass is 9.89. The SMILES string of the molecule is Cc1c(S(N)(=O)=O)cc(-c2ccc(S(=O)N[C@@H](C)C(F)(F)F)c(C(F)(F)F)c2)n1CC1CCCCC1. The highest BCUT2D eigenvalue weighted by atomic mass is 32.2. The van der Waals surface area contributed by atoms with Crippen LogP contribution in [0, 0.1) is 12.8 Å². The van der Waals surface area contributed by atoms with Gasteiger partial charge in [-0.25, -0.2) is 22.5 Å². The zero-order chi connectivity index (χ0) is 27.1. The summed E-state index contributed by atoms with van der Waals surface area (Å²) in [5, 5.41) is 5.33. The van der Waals surface area contributed by atoms with Crippen molar-refractivity contribution in [3.8, 4) is 11.3 Å². The van der Waals surface area contributed by atoms with E-state index in [1.165, 1.54) is 19.1 Å². The van der Waals surface area contributed by atoms with Gasteiger partial charge in [-0.2, -0.15) is 26.3 Å². The van der Waals surface area contributed by atoms with Crippen LogP contribution in [0.1, 0.15) is 50.3 Å². The van der Waals surface area contributed by atoms with Crippen LogP contribution in [0.4, 0.5) is 26.3 Å². The van der Waals surface area contributed by atoms with E-state index in [1.807, 2.05) is 0 Å². The van der Waals surface area contributed by atoms with Crippen LogP contribution >= 0.6 is 0 Å². The minimum absolute atomic E-state index is 0.0271. The van der Waals surface area contributed by atoms with Gasteiger partial charge in [0.15, 0.2) is 0 Å². The molecule has 2 aromatic rings. The van der Waals surface area contributed by atoms with Gasteiger partial charge < -0.3 is 4.57 Å². The van der Waals surface area contributed by atoms with Gasteiger partial charge in [-0.1, -0.05) is 25.3 Å². The van der Waals surface area contributed by atoms with Gasteiger partial charge in [-0.3, -0.25) is 0 Å². The number of halogens is 6. The summed E-state index contributed by atoms with van der Waals surface area (Å²) < 4.78 is 120. The lowest BCUT2D eigenvalue weighted by Crippen LogP contribution is -2.40. The molecule has 1 aromatic carbocycles. The smallest absolute Gasteiger partial charge is 0.343 e. The molecule has 2 atom stereocenters. The Morgan fingerprint density at radius 1 is 1.11 bits per heavy atom. The molecule has 0 spiro atoms. The minimum Gasteiger partial charge on any atom is -0.343 e. The van der Waals surface area contributed by atoms with Crippen LogP contribution in [0.25, 0.3) is 11.3 Å². The second kappa shape index (κ2) is 10.5. The highest BCUT2D eigenvalue weighted by Gasteiger charge is 2.40. The Morgan fingerprint density at radius 2 is 1.72 bits per heavy atom. The largest absolute Gasteiger partial charge is 0.417 e. The van der Waals surface area contributed by atoms with Gasteiger partial charge in [0.2, 0.25) is 10.0 Å². The van der Waals surface area contributed by atoms with Crippen molar-refractivity contribution >= 4 is 21.0 Å². The number of primary sulfonamides is 1. The van der Waals surface area contributed by atoms with Crippen molar-refractivity contribution in [1.82, 2.24) is 9.29 Å². The molecule has 3 N–H and O–H groups in total. The third-order valence-electron chi connectivity index (χ3n) is 6.35. The van der Waals surface area contributed by atoms with E-state index >= 15 is 0 Å². The normalized spacial score (nSPS) is 17.8. The molecule has 1 aromatic heterocycles. The number of hydrogen-bond acceptors (Lipinski definition) is 3. The average molecular weight is 560 g/mol. The third kappa shape index (κ3) is 6.50. The zero-order valence-electron chi connectivity index (χ0n) is 19.5. The van der Waals surface area contributed by atoms with Crippen LogP contribution in [0.2, 0.25) is 0 Å². The van der Waals surface area contributed by atoms with E-state index in [-0.39, 0.29) is 27.8 Å². The summed E-state index contributed by atoms with van der Waals surface area (Å²) in [6, 6.07) is 1.58. The van der Waals surface area contributed by atoms with Gasteiger partial charge in [0.1, 0.15) is 21.9 Å². The van der Waals surface area contributed by atoms with E-state index in [0.717, 1.165) is 38.2 Å². The van der Waals surface area contributed by atoms with Crippen molar-refractivity contribution < 1.29 is 39.0 Å². The fourth-order valence-corrected chi connectivity index (χ4v) is 6.32. The maximum atomic E-state index is 13.9. The third-order valence-corrected chi connectivity index (χ3v) is 8.70. The van der Waals surface area contributed by atoms with Gasteiger partial charge in [0.05, 0.1) is 10.5 Å². The Morgan fingerprint density at radius 3 is 2.25 bits per heavy atom. The molecule has 14 heteroatoms. The molecule has 1 heterocycles. The highest BCUT2D eigenvalue weighted by molar-refractivity contribution is 7.89. The van der Waals surface area contributed by atoms with E-state index < -0.39 is 49.9 Å². The molecule has 1 aliphatic rings. The number of nitrogens with zero attached hydrogens (tertiary/aromatic N) is 1. The molecule has 3 rings (SSSR count). The summed E-state index contributed by atoms with van der Waals surface area (Å²) in [5.74, 6) is 0.193. The van der Waals surface area contributed by atoms with E-state index in [0.29, 0.717) is 19.5 Å². The first kappa shape index (κ1) is 28.7. The van der Waals surface area contributed by atoms with Crippen LogP contribution in [0.3, 0.4) is 0 Å².